The van der Waals surface area contributed by atoms with Gasteiger partial charge in [-0.1, -0.05) is 0 Å². The maximum absolute atomic E-state index is 12.9. The molecule has 126 valence electrons. The molecule has 0 saturated carbocycles. The normalized spacial score (nSPS) is 14.6. The van der Waals surface area contributed by atoms with Crippen LogP contribution < -0.4 is 4.74 Å². The third kappa shape index (κ3) is 4.38. The van der Waals surface area contributed by atoms with Gasteiger partial charge in [0.2, 0.25) is 5.88 Å². The first-order valence-corrected chi connectivity index (χ1v) is 6.76. The SMILES string of the molecule is CC(Oc1ccn(C(=O)OC(C)(C)C)n1)C(C)(C)C(F)(F)F. The first-order valence-electron chi connectivity index (χ1n) is 6.76. The van der Waals surface area contributed by atoms with E-state index in [1.165, 1.54) is 19.2 Å². The van der Waals surface area contributed by atoms with Crippen molar-refractivity contribution in [2.45, 2.75) is 59.4 Å². The molecule has 0 aliphatic carbocycles. The molecular formula is C14H21F3N2O3. The molecule has 22 heavy (non-hydrogen) atoms. The molecule has 0 bridgehead atoms. The minimum Gasteiger partial charge on any atom is -0.473 e. The number of nitrogens with zero attached hydrogens (tertiary/aromatic N) is 2. The summed E-state index contributed by atoms with van der Waals surface area (Å²) in [5.74, 6) is -0.0734. The molecule has 1 aromatic rings. The predicted octanol–water partition coefficient (Wildman–Crippen LogP) is 4.02. The third-order valence-electron chi connectivity index (χ3n) is 3.19. The fraction of sp³-hybridized carbons (Fsp3) is 0.714. The number of aromatic nitrogens is 2. The molecule has 1 atom stereocenters. The van der Waals surface area contributed by atoms with Crippen LogP contribution in [0.3, 0.4) is 0 Å². The van der Waals surface area contributed by atoms with Gasteiger partial charge in [-0.15, -0.1) is 5.10 Å². The molecular weight excluding hydrogens is 301 g/mol. The number of halogens is 3. The van der Waals surface area contributed by atoms with Gasteiger partial charge in [0.1, 0.15) is 11.7 Å². The molecule has 0 spiro atoms. The van der Waals surface area contributed by atoms with E-state index in [0.29, 0.717) is 0 Å². The van der Waals surface area contributed by atoms with Crippen molar-refractivity contribution in [1.82, 2.24) is 9.78 Å². The van der Waals surface area contributed by atoms with Gasteiger partial charge in [-0.3, -0.25) is 0 Å². The van der Waals surface area contributed by atoms with Crippen LogP contribution in [0.5, 0.6) is 5.88 Å². The topological polar surface area (TPSA) is 53.4 Å². The van der Waals surface area contributed by atoms with Crippen LogP contribution in [-0.2, 0) is 4.74 Å². The lowest BCUT2D eigenvalue weighted by Gasteiger charge is -2.33. The Morgan fingerprint density at radius 2 is 1.77 bits per heavy atom. The van der Waals surface area contributed by atoms with Crippen molar-refractivity contribution < 1.29 is 27.4 Å². The molecule has 0 fully saturated rings. The Morgan fingerprint density at radius 1 is 1.23 bits per heavy atom. The maximum atomic E-state index is 12.9. The Hall–Kier alpha value is -1.73. The van der Waals surface area contributed by atoms with E-state index < -0.39 is 29.4 Å². The minimum atomic E-state index is -4.42. The van der Waals surface area contributed by atoms with E-state index in [0.717, 1.165) is 18.5 Å². The second kappa shape index (κ2) is 5.81. The number of carbonyl (C=O) groups excluding carboxylic acids is 1. The summed E-state index contributed by atoms with van der Waals surface area (Å²) >= 11 is 0. The zero-order valence-electron chi connectivity index (χ0n) is 13.5. The van der Waals surface area contributed by atoms with E-state index in [9.17, 15) is 18.0 Å². The lowest BCUT2D eigenvalue weighted by Crippen LogP contribution is -2.44. The first-order chi connectivity index (χ1) is 9.74. The number of carbonyl (C=O) groups is 1. The standard InChI is InChI=1S/C14H21F3N2O3/c1-9(13(5,6)14(15,16)17)21-10-7-8-19(18-10)11(20)22-12(2,3)4/h7-9H,1-6H3. The third-order valence-corrected chi connectivity index (χ3v) is 3.19. The van der Waals surface area contributed by atoms with Crippen molar-refractivity contribution in [2.75, 3.05) is 0 Å². The zero-order chi connectivity index (χ0) is 17.3. The fourth-order valence-corrected chi connectivity index (χ4v) is 1.34. The van der Waals surface area contributed by atoms with Gasteiger partial charge >= 0.3 is 12.3 Å². The molecule has 0 aliphatic rings. The summed E-state index contributed by atoms with van der Waals surface area (Å²) in [6.07, 6.45) is -5.05. The maximum Gasteiger partial charge on any atom is 0.435 e. The summed E-state index contributed by atoms with van der Waals surface area (Å²) in [6, 6.07) is 1.31. The molecule has 1 unspecified atom stereocenters. The van der Waals surface area contributed by atoms with Crippen molar-refractivity contribution in [3.63, 3.8) is 0 Å². The van der Waals surface area contributed by atoms with Crippen molar-refractivity contribution in [3.8, 4) is 5.88 Å². The second-order valence-corrected chi connectivity index (χ2v) is 6.56. The molecule has 0 N–H and O–H groups in total. The summed E-state index contributed by atoms with van der Waals surface area (Å²) in [5, 5.41) is 3.78. The number of alkyl halides is 3. The molecule has 0 radical (unpaired) electrons. The Labute approximate surface area is 127 Å². The molecule has 0 aliphatic heterocycles. The Bertz CT molecular complexity index is 530. The zero-order valence-corrected chi connectivity index (χ0v) is 13.5. The Kier molecular flexibility index (Phi) is 4.84. The van der Waals surface area contributed by atoms with E-state index in [-0.39, 0.29) is 5.88 Å². The van der Waals surface area contributed by atoms with Gasteiger partial charge in [0.15, 0.2) is 0 Å². The fourth-order valence-electron chi connectivity index (χ4n) is 1.34. The van der Waals surface area contributed by atoms with Gasteiger partial charge in [-0.25, -0.2) is 4.79 Å². The van der Waals surface area contributed by atoms with Gasteiger partial charge in [0.25, 0.3) is 0 Å². The van der Waals surface area contributed by atoms with Crippen molar-refractivity contribution in [1.29, 1.82) is 0 Å². The van der Waals surface area contributed by atoms with Gasteiger partial charge in [0.05, 0.1) is 5.41 Å². The molecule has 5 nitrogen and oxygen atoms in total. The van der Waals surface area contributed by atoms with Gasteiger partial charge in [-0.2, -0.15) is 17.9 Å². The molecule has 1 heterocycles. The van der Waals surface area contributed by atoms with Crippen molar-refractivity contribution >= 4 is 6.09 Å². The first kappa shape index (κ1) is 18.3. The average molecular weight is 322 g/mol. The largest absolute Gasteiger partial charge is 0.473 e. The molecule has 0 amide bonds. The number of hydrogen-bond donors (Lipinski definition) is 0. The van der Waals surface area contributed by atoms with Crippen LogP contribution in [0.15, 0.2) is 12.3 Å². The van der Waals surface area contributed by atoms with Gasteiger partial charge in [0, 0.05) is 12.3 Å². The molecule has 0 aromatic carbocycles. The highest BCUT2D eigenvalue weighted by Crippen LogP contribution is 2.41. The van der Waals surface area contributed by atoms with E-state index in [2.05, 4.69) is 5.10 Å². The lowest BCUT2D eigenvalue weighted by atomic mass is 9.86. The molecule has 1 rings (SSSR count). The summed E-state index contributed by atoms with van der Waals surface area (Å²) in [5.41, 5.74) is -2.75. The number of ether oxygens (including phenoxy) is 2. The second-order valence-electron chi connectivity index (χ2n) is 6.56. The van der Waals surface area contributed by atoms with Crippen LogP contribution in [0.2, 0.25) is 0 Å². The lowest BCUT2D eigenvalue weighted by molar-refractivity contribution is -0.235. The monoisotopic (exact) mass is 322 g/mol. The van der Waals surface area contributed by atoms with E-state index in [1.54, 1.807) is 20.8 Å². The summed E-state index contributed by atoms with van der Waals surface area (Å²) < 4.78 is 50.0. The van der Waals surface area contributed by atoms with Crippen LogP contribution in [0.1, 0.15) is 41.5 Å². The van der Waals surface area contributed by atoms with E-state index in [1.807, 2.05) is 0 Å². The van der Waals surface area contributed by atoms with Crippen LogP contribution in [0, 0.1) is 5.41 Å². The molecule has 0 saturated heterocycles. The van der Waals surface area contributed by atoms with Crippen molar-refractivity contribution in [2.24, 2.45) is 5.41 Å². The van der Waals surface area contributed by atoms with E-state index >= 15 is 0 Å². The highest BCUT2D eigenvalue weighted by atomic mass is 19.4. The van der Waals surface area contributed by atoms with Gasteiger partial charge in [-0.05, 0) is 41.5 Å². The molecule has 1 aromatic heterocycles. The minimum absolute atomic E-state index is 0.0734. The highest BCUT2D eigenvalue weighted by Gasteiger charge is 2.52. The summed E-state index contributed by atoms with van der Waals surface area (Å²) in [7, 11) is 0. The molecule has 8 heteroatoms. The Balaban J connectivity index is 2.80. The van der Waals surface area contributed by atoms with Crippen LogP contribution in [-0.4, -0.2) is 33.8 Å². The number of rotatable bonds is 3. The van der Waals surface area contributed by atoms with Crippen LogP contribution in [0.4, 0.5) is 18.0 Å². The van der Waals surface area contributed by atoms with Gasteiger partial charge < -0.3 is 9.47 Å². The van der Waals surface area contributed by atoms with E-state index in [4.69, 9.17) is 9.47 Å². The number of hydrogen-bond acceptors (Lipinski definition) is 4. The van der Waals surface area contributed by atoms with Crippen LogP contribution in [0.25, 0.3) is 0 Å². The summed E-state index contributed by atoms with van der Waals surface area (Å²) in [6.45, 7) is 8.48. The summed E-state index contributed by atoms with van der Waals surface area (Å²) in [4.78, 5) is 11.8. The smallest absolute Gasteiger partial charge is 0.435 e. The van der Waals surface area contributed by atoms with Crippen LogP contribution >= 0.6 is 0 Å². The highest BCUT2D eigenvalue weighted by molar-refractivity contribution is 5.69. The average Bonchev–Trinajstić information content (AvgIpc) is 2.73. The predicted molar refractivity (Wildman–Crippen MR) is 73.8 cm³/mol. The quantitative estimate of drug-likeness (QED) is 0.843. The Morgan fingerprint density at radius 3 is 2.23 bits per heavy atom. The van der Waals surface area contributed by atoms with Crippen molar-refractivity contribution in [3.05, 3.63) is 12.3 Å².